The lowest BCUT2D eigenvalue weighted by Crippen LogP contribution is -2.51. The Labute approximate surface area is 228 Å². The Balaban J connectivity index is 1.51. The molecule has 39 heavy (non-hydrogen) atoms. The number of hydrogen-bond donors (Lipinski definition) is 1. The van der Waals surface area contributed by atoms with Crippen LogP contribution in [-0.2, 0) is 27.4 Å². The van der Waals surface area contributed by atoms with Crippen molar-refractivity contribution in [1.82, 2.24) is 19.7 Å². The number of rotatable bonds is 7. The second-order valence-electron chi connectivity index (χ2n) is 11.0. The zero-order chi connectivity index (χ0) is 27.3. The van der Waals surface area contributed by atoms with Crippen molar-refractivity contribution < 1.29 is 28.9 Å². The molecule has 6 rings (SSSR count). The number of aldehydes is 1. The largest absolute Gasteiger partial charge is 0.486 e. The Morgan fingerprint density at radius 1 is 1.18 bits per heavy atom. The lowest BCUT2D eigenvalue weighted by Gasteiger charge is -2.39. The van der Waals surface area contributed by atoms with Crippen molar-refractivity contribution in [2.24, 2.45) is 11.8 Å². The van der Waals surface area contributed by atoms with Gasteiger partial charge in [-0.05, 0) is 25.1 Å². The van der Waals surface area contributed by atoms with E-state index in [0.717, 1.165) is 60.4 Å². The average Bonchev–Trinajstić information content (AvgIpc) is 3.32. The van der Waals surface area contributed by atoms with E-state index in [9.17, 15) is 14.7 Å². The third-order valence-electron chi connectivity index (χ3n) is 8.74. The Morgan fingerprint density at radius 2 is 1.90 bits per heavy atom. The van der Waals surface area contributed by atoms with Gasteiger partial charge in [-0.1, -0.05) is 13.0 Å². The second-order valence-corrected chi connectivity index (χ2v) is 11.0. The molecule has 0 radical (unpaired) electrons. The molecule has 4 aliphatic rings. The Morgan fingerprint density at radius 3 is 2.56 bits per heavy atom. The van der Waals surface area contributed by atoms with Crippen molar-refractivity contribution in [3.05, 3.63) is 35.0 Å². The van der Waals surface area contributed by atoms with Crippen LogP contribution in [0, 0.1) is 11.8 Å². The molecular formula is C29H36N4O6. The molecule has 3 unspecified atom stereocenters. The summed E-state index contributed by atoms with van der Waals surface area (Å²) in [5, 5.41) is 12.2. The fraction of sp³-hybridized carbons (Fsp3) is 0.552. The van der Waals surface area contributed by atoms with Gasteiger partial charge in [-0.3, -0.25) is 9.69 Å². The van der Waals surface area contributed by atoms with Gasteiger partial charge in [0, 0.05) is 62.8 Å². The minimum Gasteiger partial charge on any atom is -0.486 e. The number of likely N-dealkylation sites (N-methyl/N-ethyl adjacent to an activating group) is 1. The third-order valence-corrected chi connectivity index (χ3v) is 8.74. The van der Waals surface area contributed by atoms with Crippen molar-refractivity contribution in [3.63, 3.8) is 0 Å². The van der Waals surface area contributed by atoms with E-state index in [1.807, 2.05) is 18.2 Å². The van der Waals surface area contributed by atoms with Crippen molar-refractivity contribution in [2.45, 2.75) is 32.0 Å². The molecule has 10 nitrogen and oxygen atoms in total. The minimum absolute atomic E-state index is 0.112. The summed E-state index contributed by atoms with van der Waals surface area (Å²) in [5.41, 5.74) is 2.60. The van der Waals surface area contributed by atoms with Crippen LogP contribution < -0.4 is 9.47 Å². The molecular weight excluding hydrogens is 500 g/mol. The fourth-order valence-corrected chi connectivity index (χ4v) is 6.32. The molecule has 1 aromatic carbocycles. The molecule has 3 atom stereocenters. The highest BCUT2D eigenvalue weighted by molar-refractivity contribution is 5.97. The van der Waals surface area contributed by atoms with Crippen LogP contribution in [0.15, 0.2) is 18.2 Å². The molecule has 1 amide bonds. The van der Waals surface area contributed by atoms with Crippen LogP contribution in [0.5, 0.6) is 11.5 Å². The molecule has 0 aliphatic carbocycles. The fourth-order valence-electron chi connectivity index (χ4n) is 6.32. The zero-order valence-electron chi connectivity index (χ0n) is 22.8. The Bertz CT molecular complexity index is 1340. The highest BCUT2D eigenvalue weighted by Gasteiger charge is 2.49. The maximum absolute atomic E-state index is 13.9. The highest BCUT2D eigenvalue weighted by Crippen LogP contribution is 2.46. The molecule has 0 bridgehead atoms. The number of amides is 1. The van der Waals surface area contributed by atoms with Gasteiger partial charge in [0.2, 0.25) is 5.91 Å². The van der Waals surface area contributed by atoms with Gasteiger partial charge in [0.1, 0.15) is 18.8 Å². The zero-order valence-corrected chi connectivity index (χ0v) is 22.8. The van der Waals surface area contributed by atoms with E-state index >= 15 is 0 Å². The van der Waals surface area contributed by atoms with Crippen molar-refractivity contribution in [1.29, 1.82) is 0 Å². The molecule has 0 spiro atoms. The topological polar surface area (TPSA) is 105 Å². The SMILES string of the molecule is CCC(O)(C=O)C1C=C2c3nc4cc5c(cc4c(CN4CCN(C)CC4)c3CN2C(=O)C1COC)OCCO5. The lowest BCUT2D eigenvalue weighted by atomic mass is 9.74. The number of nitrogens with zero attached hydrogens (tertiary/aromatic N) is 4. The molecule has 0 saturated carbocycles. The first kappa shape index (κ1) is 26.2. The summed E-state index contributed by atoms with van der Waals surface area (Å²) in [6, 6.07) is 3.94. The monoisotopic (exact) mass is 536 g/mol. The first-order valence-electron chi connectivity index (χ1n) is 13.7. The maximum Gasteiger partial charge on any atom is 0.233 e. The van der Waals surface area contributed by atoms with Gasteiger partial charge in [0.15, 0.2) is 17.8 Å². The van der Waals surface area contributed by atoms with Gasteiger partial charge in [-0.2, -0.15) is 0 Å². The van der Waals surface area contributed by atoms with E-state index in [0.29, 0.717) is 43.2 Å². The molecule has 1 N–H and O–H groups in total. The summed E-state index contributed by atoms with van der Waals surface area (Å²) < 4.78 is 17.2. The van der Waals surface area contributed by atoms with Gasteiger partial charge in [0.05, 0.1) is 36.0 Å². The van der Waals surface area contributed by atoms with E-state index < -0.39 is 17.4 Å². The number of piperazine rings is 1. The maximum atomic E-state index is 13.9. The predicted molar refractivity (Wildman–Crippen MR) is 144 cm³/mol. The van der Waals surface area contributed by atoms with Gasteiger partial charge in [-0.15, -0.1) is 0 Å². The van der Waals surface area contributed by atoms with E-state index in [1.54, 1.807) is 11.8 Å². The Kier molecular flexibility index (Phi) is 6.83. The quantitative estimate of drug-likeness (QED) is 0.529. The third kappa shape index (κ3) is 4.39. The number of aliphatic hydroxyl groups is 1. The van der Waals surface area contributed by atoms with Gasteiger partial charge in [-0.25, -0.2) is 4.98 Å². The van der Waals surface area contributed by atoms with Crippen LogP contribution in [-0.4, -0.2) is 103 Å². The summed E-state index contributed by atoms with van der Waals surface area (Å²) in [6.07, 6.45) is 2.62. The molecule has 1 fully saturated rings. The number of carbonyl (C=O) groups is 2. The van der Waals surface area contributed by atoms with E-state index in [4.69, 9.17) is 19.2 Å². The summed E-state index contributed by atoms with van der Waals surface area (Å²) >= 11 is 0. The van der Waals surface area contributed by atoms with Crippen LogP contribution >= 0.6 is 0 Å². The first-order chi connectivity index (χ1) is 18.9. The van der Waals surface area contributed by atoms with Crippen molar-refractivity contribution in [2.75, 3.05) is 60.2 Å². The molecule has 5 heterocycles. The number of carbonyl (C=O) groups excluding carboxylic acids is 2. The van der Waals surface area contributed by atoms with Crippen LogP contribution in [0.1, 0.15) is 30.2 Å². The van der Waals surface area contributed by atoms with E-state index in [1.165, 1.54) is 7.11 Å². The summed E-state index contributed by atoms with van der Waals surface area (Å²) in [4.78, 5) is 37.5. The number of pyridine rings is 1. The van der Waals surface area contributed by atoms with Gasteiger partial charge >= 0.3 is 0 Å². The summed E-state index contributed by atoms with van der Waals surface area (Å²) in [7, 11) is 3.67. The van der Waals surface area contributed by atoms with Crippen LogP contribution in [0.3, 0.4) is 0 Å². The molecule has 1 aromatic heterocycles. The van der Waals surface area contributed by atoms with Crippen molar-refractivity contribution >= 4 is 28.8 Å². The normalized spacial score (nSPS) is 24.8. The molecule has 1 saturated heterocycles. The standard InChI is InChI=1S/C29H36N4O6/c1-4-29(36,17-34)22-12-24-27-20(15-33(24)28(35)21(22)16-37-3)19(14-32-7-5-31(2)6-8-32)18-11-25-26(13-23(18)30-27)39-10-9-38-25/h11-13,17,21-22,36H,4-10,14-16H2,1-3H3. The van der Waals surface area contributed by atoms with E-state index in [2.05, 4.69) is 16.8 Å². The lowest BCUT2D eigenvalue weighted by molar-refractivity contribution is -0.145. The number of fused-ring (bicyclic) bond motifs is 5. The molecule has 10 heteroatoms. The van der Waals surface area contributed by atoms with Gasteiger partial charge < -0.3 is 33.9 Å². The Hall–Kier alpha value is -3.05. The number of hydrogen-bond acceptors (Lipinski definition) is 9. The molecule has 2 aromatic rings. The number of methoxy groups -OCH3 is 1. The first-order valence-corrected chi connectivity index (χ1v) is 13.7. The van der Waals surface area contributed by atoms with Gasteiger partial charge in [0.25, 0.3) is 0 Å². The van der Waals surface area contributed by atoms with Crippen molar-refractivity contribution in [3.8, 4) is 11.5 Å². The summed E-state index contributed by atoms with van der Waals surface area (Å²) in [6.45, 7) is 7.85. The average molecular weight is 537 g/mol. The summed E-state index contributed by atoms with van der Waals surface area (Å²) in [5.74, 6) is -0.182. The highest BCUT2D eigenvalue weighted by atomic mass is 16.6. The predicted octanol–water partition coefficient (Wildman–Crippen LogP) is 1.67. The molecule has 208 valence electrons. The van der Waals surface area contributed by atoms with E-state index in [-0.39, 0.29) is 18.9 Å². The molecule has 4 aliphatic heterocycles. The van der Waals surface area contributed by atoms with Crippen LogP contribution in [0.2, 0.25) is 0 Å². The second kappa shape index (κ2) is 10.2. The smallest absolute Gasteiger partial charge is 0.233 e. The number of ether oxygens (including phenoxy) is 3. The number of benzene rings is 1. The number of aromatic nitrogens is 1. The van der Waals surface area contributed by atoms with Crippen LogP contribution in [0.4, 0.5) is 0 Å². The van der Waals surface area contributed by atoms with Crippen LogP contribution in [0.25, 0.3) is 16.6 Å². The minimum atomic E-state index is -1.68.